The molecule has 0 aromatic carbocycles. The number of anilines is 1. The summed E-state index contributed by atoms with van der Waals surface area (Å²) in [5.74, 6) is -0.730. The molecule has 0 spiro atoms. The summed E-state index contributed by atoms with van der Waals surface area (Å²) in [6.45, 7) is 7.23. The van der Waals surface area contributed by atoms with Gasteiger partial charge in [0.05, 0.1) is 23.2 Å². The van der Waals surface area contributed by atoms with Gasteiger partial charge in [0.25, 0.3) is 5.91 Å². The lowest BCUT2D eigenvalue weighted by atomic mass is 10.1. The Morgan fingerprint density at radius 2 is 2.09 bits per heavy atom. The fraction of sp³-hybridized carbons (Fsp3) is 0.524. The summed E-state index contributed by atoms with van der Waals surface area (Å²) in [5.41, 5.74) is 4.38. The average molecular weight is 478 g/mol. The highest BCUT2D eigenvalue weighted by molar-refractivity contribution is 7.91. The number of amides is 2. The van der Waals surface area contributed by atoms with Gasteiger partial charge in [-0.25, -0.2) is 18.4 Å². The van der Waals surface area contributed by atoms with Crippen molar-refractivity contribution >= 4 is 43.8 Å². The number of carbonyl (C=O) groups is 2. The Morgan fingerprint density at radius 3 is 2.78 bits per heavy atom. The molecule has 2 aromatic heterocycles. The van der Waals surface area contributed by atoms with E-state index >= 15 is 0 Å². The van der Waals surface area contributed by atoms with Crippen LogP contribution in [0, 0.1) is 13.8 Å². The van der Waals surface area contributed by atoms with E-state index in [4.69, 9.17) is 0 Å². The summed E-state index contributed by atoms with van der Waals surface area (Å²) in [4.78, 5) is 29.6. The highest BCUT2D eigenvalue weighted by atomic mass is 32.2. The van der Waals surface area contributed by atoms with Gasteiger partial charge in [0.2, 0.25) is 5.91 Å². The maximum absolute atomic E-state index is 12.8. The number of nitrogens with zero attached hydrogens (tertiary/aromatic N) is 4. The van der Waals surface area contributed by atoms with Crippen molar-refractivity contribution in [3.8, 4) is 11.3 Å². The van der Waals surface area contributed by atoms with Crippen LogP contribution in [0.25, 0.3) is 11.3 Å². The van der Waals surface area contributed by atoms with E-state index in [9.17, 15) is 18.0 Å². The van der Waals surface area contributed by atoms with Crippen molar-refractivity contribution in [3.63, 3.8) is 0 Å². The van der Waals surface area contributed by atoms with E-state index in [0.29, 0.717) is 11.6 Å². The first kappa shape index (κ1) is 22.7. The standard InChI is InChI=1S/C21H27N5O4S2/c1-4-8-25-13(2)10-16(14(25)3)18-11-31-21(22-18)23-20(28)17-5-6-19(27)26(24-17)15-7-9-32(29,30)12-15/h10-11,15H,4-9,12H2,1-3H3,(H,22,23,28). The normalized spacial score (nSPS) is 20.5. The topological polar surface area (TPSA) is 114 Å². The van der Waals surface area contributed by atoms with E-state index in [1.807, 2.05) is 5.38 Å². The minimum absolute atomic E-state index is 0.0409. The molecule has 1 fully saturated rings. The molecule has 1 saturated heterocycles. The highest BCUT2D eigenvalue weighted by Crippen LogP contribution is 2.30. The Labute approximate surface area is 191 Å². The zero-order valence-corrected chi connectivity index (χ0v) is 20.1. The first-order valence-corrected chi connectivity index (χ1v) is 13.4. The van der Waals surface area contributed by atoms with Crippen LogP contribution in [0.4, 0.5) is 5.13 Å². The third-order valence-corrected chi connectivity index (χ3v) is 8.41. The molecule has 9 nitrogen and oxygen atoms in total. The first-order chi connectivity index (χ1) is 15.2. The van der Waals surface area contributed by atoms with E-state index in [0.717, 1.165) is 29.9 Å². The van der Waals surface area contributed by atoms with Crippen molar-refractivity contribution in [3.05, 3.63) is 22.8 Å². The van der Waals surface area contributed by atoms with Crippen molar-refractivity contribution in [1.29, 1.82) is 0 Å². The van der Waals surface area contributed by atoms with Gasteiger partial charge in [-0.2, -0.15) is 5.10 Å². The molecule has 2 aliphatic rings. The van der Waals surface area contributed by atoms with Gasteiger partial charge in [0.15, 0.2) is 15.0 Å². The molecule has 32 heavy (non-hydrogen) atoms. The van der Waals surface area contributed by atoms with Crippen LogP contribution >= 0.6 is 11.3 Å². The molecule has 0 radical (unpaired) electrons. The van der Waals surface area contributed by atoms with Gasteiger partial charge in [-0.05, 0) is 32.8 Å². The summed E-state index contributed by atoms with van der Waals surface area (Å²) < 4.78 is 25.8. The molecule has 0 bridgehead atoms. The monoisotopic (exact) mass is 477 g/mol. The van der Waals surface area contributed by atoms with Gasteiger partial charge >= 0.3 is 0 Å². The molecule has 4 heterocycles. The minimum atomic E-state index is -3.16. The summed E-state index contributed by atoms with van der Waals surface area (Å²) >= 11 is 1.33. The molecule has 11 heteroatoms. The molecule has 0 aliphatic carbocycles. The summed E-state index contributed by atoms with van der Waals surface area (Å²) in [6, 6.07) is 1.61. The van der Waals surface area contributed by atoms with Gasteiger partial charge in [-0.1, -0.05) is 6.92 Å². The number of sulfone groups is 1. The van der Waals surface area contributed by atoms with E-state index < -0.39 is 21.8 Å². The number of hydrogen-bond acceptors (Lipinski definition) is 7. The van der Waals surface area contributed by atoms with Gasteiger partial charge in [-0.3, -0.25) is 14.9 Å². The third kappa shape index (κ3) is 4.49. The van der Waals surface area contributed by atoms with Gasteiger partial charge in [-0.15, -0.1) is 11.3 Å². The lowest BCUT2D eigenvalue weighted by molar-refractivity contribution is -0.133. The number of aromatic nitrogens is 2. The largest absolute Gasteiger partial charge is 0.348 e. The summed E-state index contributed by atoms with van der Waals surface area (Å²) in [6.07, 6.45) is 1.74. The molecule has 1 unspecified atom stereocenters. The second-order valence-corrected chi connectivity index (χ2v) is 11.4. The fourth-order valence-corrected chi connectivity index (χ4v) is 6.64. The lowest BCUT2D eigenvalue weighted by Gasteiger charge is -2.27. The van der Waals surface area contributed by atoms with Crippen LogP contribution in [0.2, 0.25) is 0 Å². The van der Waals surface area contributed by atoms with Crippen LogP contribution in [0.3, 0.4) is 0 Å². The van der Waals surface area contributed by atoms with E-state index in [1.165, 1.54) is 22.0 Å². The second kappa shape index (κ2) is 8.78. The van der Waals surface area contributed by atoms with Gasteiger partial charge < -0.3 is 4.57 Å². The lowest BCUT2D eigenvalue weighted by Crippen LogP contribution is -2.42. The van der Waals surface area contributed by atoms with E-state index in [-0.39, 0.29) is 36.0 Å². The molecular formula is C21H27N5O4S2. The average Bonchev–Trinajstić information content (AvgIpc) is 3.42. The summed E-state index contributed by atoms with van der Waals surface area (Å²) in [7, 11) is -3.16. The number of rotatable bonds is 6. The van der Waals surface area contributed by atoms with Crippen molar-refractivity contribution in [1.82, 2.24) is 14.6 Å². The molecule has 2 amide bonds. The van der Waals surface area contributed by atoms with Crippen LogP contribution in [0.1, 0.15) is 44.0 Å². The van der Waals surface area contributed by atoms with Crippen molar-refractivity contribution in [2.45, 2.75) is 59.0 Å². The maximum Gasteiger partial charge on any atom is 0.273 e. The number of aryl methyl sites for hydroxylation is 1. The second-order valence-electron chi connectivity index (χ2n) is 8.27. The smallest absolute Gasteiger partial charge is 0.273 e. The number of hydrazone groups is 1. The molecule has 4 rings (SSSR count). The number of carbonyl (C=O) groups excluding carboxylic acids is 2. The van der Waals surface area contributed by atoms with Crippen LogP contribution in [0.15, 0.2) is 16.5 Å². The number of hydrogen-bond donors (Lipinski definition) is 1. The zero-order valence-electron chi connectivity index (χ0n) is 18.4. The van der Waals surface area contributed by atoms with Crippen LogP contribution in [-0.4, -0.2) is 58.1 Å². The van der Waals surface area contributed by atoms with Crippen LogP contribution < -0.4 is 5.32 Å². The van der Waals surface area contributed by atoms with Crippen molar-refractivity contribution < 1.29 is 18.0 Å². The quantitative estimate of drug-likeness (QED) is 0.687. The molecule has 2 aromatic rings. The Hall–Kier alpha value is -2.53. The number of thiazole rings is 1. The Bertz CT molecular complexity index is 1190. The predicted octanol–water partition coefficient (Wildman–Crippen LogP) is 2.74. The van der Waals surface area contributed by atoms with Gasteiger partial charge in [0.1, 0.15) is 5.71 Å². The predicted molar refractivity (Wildman–Crippen MR) is 125 cm³/mol. The SMILES string of the molecule is CCCn1c(C)cc(-c2csc(NC(=O)C3=NN(C4CCS(=O)(=O)C4)C(=O)CC3)n2)c1C. The van der Waals surface area contributed by atoms with Crippen LogP contribution in [-0.2, 0) is 26.0 Å². The fourth-order valence-electron chi connectivity index (χ4n) is 4.24. The van der Waals surface area contributed by atoms with Crippen LogP contribution in [0.5, 0.6) is 0 Å². The minimum Gasteiger partial charge on any atom is -0.348 e. The van der Waals surface area contributed by atoms with Crippen molar-refractivity contribution in [2.75, 3.05) is 16.8 Å². The third-order valence-electron chi connectivity index (χ3n) is 5.90. The molecule has 0 saturated carbocycles. The van der Waals surface area contributed by atoms with Crippen molar-refractivity contribution in [2.24, 2.45) is 5.10 Å². The highest BCUT2D eigenvalue weighted by Gasteiger charge is 2.37. The molecule has 2 aliphatic heterocycles. The molecule has 172 valence electrons. The maximum atomic E-state index is 12.8. The Kier molecular flexibility index (Phi) is 6.22. The zero-order chi connectivity index (χ0) is 23.0. The van der Waals surface area contributed by atoms with Gasteiger partial charge in [0, 0.05) is 41.7 Å². The van der Waals surface area contributed by atoms with E-state index in [2.05, 4.69) is 46.8 Å². The summed E-state index contributed by atoms with van der Waals surface area (Å²) in [5, 5.41) is 10.6. The Balaban J connectivity index is 1.49. The molecular weight excluding hydrogens is 450 g/mol. The molecule has 1 N–H and O–H groups in total. The van der Waals surface area contributed by atoms with E-state index in [1.54, 1.807) is 0 Å². The Morgan fingerprint density at radius 1 is 1.31 bits per heavy atom. The first-order valence-electron chi connectivity index (χ1n) is 10.7. The molecule has 1 atom stereocenters. The number of nitrogens with one attached hydrogen (secondary N) is 1.